The van der Waals surface area contributed by atoms with Gasteiger partial charge >= 0.3 is 6.03 Å². The molecule has 0 saturated carbocycles. The van der Waals surface area contributed by atoms with Crippen LogP contribution in [0.15, 0.2) is 12.1 Å². The summed E-state index contributed by atoms with van der Waals surface area (Å²) in [5.41, 5.74) is -0.858. The molecular formula is C13H11F3N2O3. The molecule has 112 valence electrons. The van der Waals surface area contributed by atoms with Gasteiger partial charge in [0, 0.05) is 12.1 Å². The van der Waals surface area contributed by atoms with Crippen molar-refractivity contribution in [1.29, 1.82) is 0 Å². The first-order chi connectivity index (χ1) is 9.86. The summed E-state index contributed by atoms with van der Waals surface area (Å²) in [4.78, 5) is 35.7. The van der Waals surface area contributed by atoms with E-state index >= 15 is 0 Å². The number of carbonyl (C=O) groups is 3. The highest BCUT2D eigenvalue weighted by Crippen LogP contribution is 2.27. The van der Waals surface area contributed by atoms with Crippen LogP contribution < -0.4 is 10.2 Å². The lowest BCUT2D eigenvalue weighted by molar-refractivity contribution is -0.134. The second-order valence-corrected chi connectivity index (χ2v) is 4.53. The van der Waals surface area contributed by atoms with E-state index in [0.717, 1.165) is 0 Å². The van der Waals surface area contributed by atoms with Crippen molar-refractivity contribution in [3.8, 4) is 0 Å². The molecule has 4 amide bonds. The molecule has 0 spiro atoms. The average Bonchev–Trinajstić information content (AvgIpc) is 2.39. The monoisotopic (exact) mass is 300 g/mol. The lowest BCUT2D eigenvalue weighted by Gasteiger charge is -2.30. The molecule has 1 unspecified atom stereocenters. The Bertz CT molecular complexity index is 633. The highest BCUT2D eigenvalue weighted by molar-refractivity contribution is 6.27. The number of barbiturate groups is 1. The van der Waals surface area contributed by atoms with E-state index in [-0.39, 0.29) is 11.3 Å². The third-order valence-electron chi connectivity index (χ3n) is 3.06. The van der Waals surface area contributed by atoms with Crippen LogP contribution in [0.1, 0.15) is 19.8 Å². The van der Waals surface area contributed by atoms with Crippen LogP contribution in [0.4, 0.5) is 23.7 Å². The van der Waals surface area contributed by atoms with Gasteiger partial charge in [0.1, 0.15) is 11.7 Å². The highest BCUT2D eigenvalue weighted by atomic mass is 19.2. The summed E-state index contributed by atoms with van der Waals surface area (Å²) < 4.78 is 40.1. The molecule has 0 bridgehead atoms. The predicted octanol–water partition coefficient (Wildman–Crippen LogP) is 2.10. The van der Waals surface area contributed by atoms with Crippen LogP contribution in [0, 0.1) is 23.4 Å². The number of carbonyl (C=O) groups excluding carboxylic acids is 3. The first-order valence-electron chi connectivity index (χ1n) is 6.20. The summed E-state index contributed by atoms with van der Waals surface area (Å²) in [5.74, 6) is -7.22. The number of hydrogen-bond acceptors (Lipinski definition) is 3. The molecule has 1 heterocycles. The van der Waals surface area contributed by atoms with Gasteiger partial charge < -0.3 is 0 Å². The number of benzene rings is 1. The highest BCUT2D eigenvalue weighted by Gasteiger charge is 2.42. The zero-order valence-corrected chi connectivity index (χ0v) is 11.0. The molecule has 1 saturated heterocycles. The van der Waals surface area contributed by atoms with Crippen molar-refractivity contribution in [3.05, 3.63) is 29.6 Å². The van der Waals surface area contributed by atoms with Crippen LogP contribution >= 0.6 is 0 Å². The summed E-state index contributed by atoms with van der Waals surface area (Å²) in [6, 6.07) is -0.421. The Balaban J connectivity index is 2.49. The minimum atomic E-state index is -1.54. The van der Waals surface area contributed by atoms with Gasteiger partial charge in [-0.1, -0.05) is 13.3 Å². The largest absolute Gasteiger partial charge is 0.335 e. The first kappa shape index (κ1) is 15.0. The predicted molar refractivity (Wildman–Crippen MR) is 65.7 cm³/mol. The van der Waals surface area contributed by atoms with Gasteiger partial charge in [-0.3, -0.25) is 14.9 Å². The Labute approximate surface area is 117 Å². The van der Waals surface area contributed by atoms with E-state index in [2.05, 4.69) is 0 Å². The Morgan fingerprint density at radius 2 is 1.86 bits per heavy atom. The molecule has 1 N–H and O–H groups in total. The normalized spacial score (nSPS) is 19.0. The van der Waals surface area contributed by atoms with Crippen molar-refractivity contribution in [3.63, 3.8) is 0 Å². The number of hydrogen-bond donors (Lipinski definition) is 1. The van der Waals surface area contributed by atoms with Crippen LogP contribution in [-0.4, -0.2) is 17.8 Å². The molecule has 0 aromatic heterocycles. The number of rotatable bonds is 3. The number of anilines is 1. The number of nitrogens with one attached hydrogen (secondary N) is 1. The molecule has 1 fully saturated rings. The van der Waals surface area contributed by atoms with Crippen LogP contribution in [0.3, 0.4) is 0 Å². The third-order valence-corrected chi connectivity index (χ3v) is 3.06. The Morgan fingerprint density at radius 1 is 1.19 bits per heavy atom. The lowest BCUT2D eigenvalue weighted by atomic mass is 9.99. The molecule has 1 aliphatic rings. The Hall–Kier alpha value is -2.38. The van der Waals surface area contributed by atoms with Gasteiger partial charge in [0.15, 0.2) is 11.6 Å². The van der Waals surface area contributed by atoms with E-state index < -0.39 is 46.9 Å². The second kappa shape index (κ2) is 5.55. The fraction of sp³-hybridized carbons (Fsp3) is 0.308. The van der Waals surface area contributed by atoms with Crippen molar-refractivity contribution in [2.24, 2.45) is 5.92 Å². The van der Waals surface area contributed by atoms with Crippen LogP contribution in [-0.2, 0) is 9.59 Å². The fourth-order valence-electron chi connectivity index (χ4n) is 2.09. The smallest absolute Gasteiger partial charge is 0.277 e. The quantitative estimate of drug-likeness (QED) is 0.686. The summed E-state index contributed by atoms with van der Waals surface area (Å²) in [6.07, 6.45) is 0.597. The van der Waals surface area contributed by atoms with Crippen molar-refractivity contribution in [2.45, 2.75) is 19.8 Å². The van der Waals surface area contributed by atoms with Crippen LogP contribution in [0.5, 0.6) is 0 Å². The number of amides is 4. The van der Waals surface area contributed by atoms with Gasteiger partial charge in [0.25, 0.3) is 0 Å². The lowest BCUT2D eigenvalue weighted by Crippen LogP contribution is -2.58. The van der Waals surface area contributed by atoms with Gasteiger partial charge in [-0.05, 0) is 6.42 Å². The van der Waals surface area contributed by atoms with Crippen molar-refractivity contribution in [1.82, 2.24) is 5.32 Å². The Morgan fingerprint density at radius 3 is 2.48 bits per heavy atom. The molecule has 1 atom stereocenters. The van der Waals surface area contributed by atoms with E-state index in [1.165, 1.54) is 0 Å². The summed E-state index contributed by atoms with van der Waals surface area (Å²) in [6.45, 7) is 1.71. The summed E-state index contributed by atoms with van der Waals surface area (Å²) >= 11 is 0. The molecule has 1 aromatic rings. The molecule has 1 aromatic carbocycles. The maximum absolute atomic E-state index is 13.7. The number of imide groups is 2. The molecule has 8 heteroatoms. The van der Waals surface area contributed by atoms with Gasteiger partial charge in [-0.15, -0.1) is 0 Å². The van der Waals surface area contributed by atoms with Crippen LogP contribution in [0.25, 0.3) is 0 Å². The van der Waals surface area contributed by atoms with Crippen LogP contribution in [0.2, 0.25) is 0 Å². The molecule has 2 rings (SSSR count). The topological polar surface area (TPSA) is 66.5 Å². The van der Waals surface area contributed by atoms with Gasteiger partial charge in [-0.25, -0.2) is 22.9 Å². The fourth-order valence-corrected chi connectivity index (χ4v) is 2.09. The van der Waals surface area contributed by atoms with Gasteiger partial charge in [0.2, 0.25) is 11.8 Å². The summed E-state index contributed by atoms with van der Waals surface area (Å²) in [7, 11) is 0. The van der Waals surface area contributed by atoms with Gasteiger partial charge in [-0.2, -0.15) is 0 Å². The maximum atomic E-state index is 13.7. The average molecular weight is 300 g/mol. The molecule has 5 nitrogen and oxygen atoms in total. The summed E-state index contributed by atoms with van der Waals surface area (Å²) in [5, 5.41) is 1.87. The number of urea groups is 1. The van der Waals surface area contributed by atoms with Crippen molar-refractivity contribution < 1.29 is 27.6 Å². The SMILES string of the molecule is CCCC1C(=O)NC(=O)N(c2cc(F)cc(F)c2F)C1=O. The number of halogens is 3. The minimum absolute atomic E-state index is 0.133. The zero-order chi connectivity index (χ0) is 15.7. The second-order valence-electron chi connectivity index (χ2n) is 4.53. The van der Waals surface area contributed by atoms with Gasteiger partial charge in [0.05, 0.1) is 5.69 Å². The standard InChI is InChI=1S/C13H11F3N2O3/c1-2-3-7-11(19)17-13(21)18(12(7)20)9-5-6(14)4-8(15)10(9)16/h4-5,7H,2-3H2,1H3,(H,17,19,21). The molecule has 1 aliphatic heterocycles. The van der Waals surface area contributed by atoms with E-state index in [1.807, 2.05) is 5.32 Å². The van der Waals surface area contributed by atoms with Crippen molar-refractivity contribution in [2.75, 3.05) is 4.90 Å². The maximum Gasteiger partial charge on any atom is 0.335 e. The number of nitrogens with zero attached hydrogens (tertiary/aromatic N) is 1. The third kappa shape index (κ3) is 2.61. The minimum Gasteiger partial charge on any atom is -0.277 e. The first-order valence-corrected chi connectivity index (χ1v) is 6.20. The van der Waals surface area contributed by atoms with Crippen molar-refractivity contribution >= 4 is 23.5 Å². The Kier molecular flexibility index (Phi) is 3.97. The van der Waals surface area contributed by atoms with E-state index in [9.17, 15) is 27.6 Å². The molecule has 0 aliphatic carbocycles. The van der Waals surface area contributed by atoms with E-state index in [4.69, 9.17) is 0 Å². The molecular weight excluding hydrogens is 289 g/mol. The van der Waals surface area contributed by atoms with E-state index in [1.54, 1.807) is 6.92 Å². The zero-order valence-electron chi connectivity index (χ0n) is 11.0. The molecule has 0 radical (unpaired) electrons. The molecule has 21 heavy (non-hydrogen) atoms. The van der Waals surface area contributed by atoms with E-state index in [0.29, 0.717) is 18.6 Å².